The van der Waals surface area contributed by atoms with E-state index in [0.29, 0.717) is 17.0 Å². The summed E-state index contributed by atoms with van der Waals surface area (Å²) in [5.41, 5.74) is 0.421. The van der Waals surface area contributed by atoms with E-state index in [1.54, 1.807) is 18.2 Å². The minimum atomic E-state index is -0.594. The molecule has 1 aromatic rings. The molecule has 2 nitrogen and oxygen atoms in total. The fraction of sp³-hybridized carbons (Fsp3) is 0.333. The molecule has 0 saturated carbocycles. The number of ketones is 1. The Morgan fingerprint density at radius 3 is 2.81 bits per heavy atom. The van der Waals surface area contributed by atoms with E-state index >= 15 is 0 Å². The first-order valence-corrected chi connectivity index (χ1v) is 6.16. The number of hydrogen-bond acceptors (Lipinski definition) is 2. The van der Waals surface area contributed by atoms with Gasteiger partial charge in [0.15, 0.2) is 5.78 Å². The van der Waals surface area contributed by atoms with E-state index in [1.807, 2.05) is 13.0 Å². The highest BCUT2D eigenvalue weighted by molar-refractivity contribution is 9.10. The number of nitriles is 1. The van der Waals surface area contributed by atoms with Crippen LogP contribution < -0.4 is 0 Å². The van der Waals surface area contributed by atoms with Crippen LogP contribution in [0.1, 0.15) is 30.1 Å². The maximum absolute atomic E-state index is 12.0. The van der Waals surface area contributed by atoms with Crippen molar-refractivity contribution in [2.75, 3.05) is 0 Å². The van der Waals surface area contributed by atoms with Gasteiger partial charge in [0, 0.05) is 10.0 Å². The number of benzene rings is 1. The van der Waals surface area contributed by atoms with Gasteiger partial charge in [-0.25, -0.2) is 0 Å². The van der Waals surface area contributed by atoms with Gasteiger partial charge in [-0.15, -0.1) is 0 Å². The van der Waals surface area contributed by atoms with Gasteiger partial charge in [-0.05, 0) is 24.6 Å². The molecule has 0 radical (unpaired) electrons. The van der Waals surface area contributed by atoms with E-state index in [0.717, 1.165) is 10.9 Å². The molecule has 0 fully saturated rings. The summed E-state index contributed by atoms with van der Waals surface area (Å²) in [6, 6.07) is 7.08. The molecule has 0 saturated heterocycles. The van der Waals surface area contributed by atoms with Crippen LogP contribution in [0.25, 0.3) is 0 Å². The largest absolute Gasteiger partial charge is 0.293 e. The van der Waals surface area contributed by atoms with Crippen LogP contribution >= 0.6 is 27.5 Å². The lowest BCUT2D eigenvalue weighted by Crippen LogP contribution is -2.13. The predicted molar refractivity (Wildman–Crippen MR) is 67.5 cm³/mol. The zero-order valence-electron chi connectivity index (χ0n) is 8.84. The number of Topliss-reactive ketones (excluding diaryl/α,β-unsaturated/α-hetero) is 1. The van der Waals surface area contributed by atoms with E-state index in [9.17, 15) is 4.79 Å². The maximum atomic E-state index is 12.0. The SMILES string of the molecule is CCCC(C#N)C(=O)c1ccc(Br)cc1Cl. The van der Waals surface area contributed by atoms with Crippen molar-refractivity contribution < 1.29 is 4.79 Å². The van der Waals surface area contributed by atoms with E-state index in [1.165, 1.54) is 0 Å². The zero-order chi connectivity index (χ0) is 12.1. The van der Waals surface area contributed by atoms with Crippen LogP contribution in [0.3, 0.4) is 0 Å². The molecule has 1 unspecified atom stereocenters. The van der Waals surface area contributed by atoms with Crippen molar-refractivity contribution in [3.8, 4) is 6.07 Å². The van der Waals surface area contributed by atoms with Crippen molar-refractivity contribution in [1.29, 1.82) is 5.26 Å². The lowest BCUT2D eigenvalue weighted by Gasteiger charge is -2.08. The van der Waals surface area contributed by atoms with Crippen molar-refractivity contribution in [2.24, 2.45) is 5.92 Å². The molecular formula is C12H11BrClNO. The quantitative estimate of drug-likeness (QED) is 0.781. The molecule has 4 heteroatoms. The second kappa shape index (κ2) is 6.03. The molecule has 0 aromatic heterocycles. The van der Waals surface area contributed by atoms with Crippen molar-refractivity contribution in [1.82, 2.24) is 0 Å². The highest BCUT2D eigenvalue weighted by atomic mass is 79.9. The topological polar surface area (TPSA) is 40.9 Å². The molecule has 0 aliphatic heterocycles. The van der Waals surface area contributed by atoms with Crippen molar-refractivity contribution in [3.05, 3.63) is 33.3 Å². The fourth-order valence-corrected chi connectivity index (χ4v) is 2.19. The third kappa shape index (κ3) is 3.07. The van der Waals surface area contributed by atoms with Crippen molar-refractivity contribution >= 4 is 33.3 Å². The summed E-state index contributed by atoms with van der Waals surface area (Å²) in [5.74, 6) is -0.787. The fourth-order valence-electron chi connectivity index (χ4n) is 1.42. The standard InChI is InChI=1S/C12H11BrClNO/c1-2-3-8(7-15)12(16)10-5-4-9(13)6-11(10)14/h4-6,8H,2-3H2,1H3. The summed E-state index contributed by atoms with van der Waals surface area (Å²) < 4.78 is 0.818. The number of carbonyl (C=O) groups excluding carboxylic acids is 1. The van der Waals surface area contributed by atoms with Crippen LogP contribution in [0.15, 0.2) is 22.7 Å². The Kier molecular flexibility index (Phi) is 4.98. The van der Waals surface area contributed by atoms with E-state index in [2.05, 4.69) is 15.9 Å². The predicted octanol–water partition coefficient (Wildman–Crippen LogP) is 4.23. The minimum absolute atomic E-state index is 0.193. The highest BCUT2D eigenvalue weighted by Gasteiger charge is 2.20. The van der Waals surface area contributed by atoms with Gasteiger partial charge in [0.1, 0.15) is 5.92 Å². The van der Waals surface area contributed by atoms with Gasteiger partial charge in [0.25, 0.3) is 0 Å². The van der Waals surface area contributed by atoms with Gasteiger partial charge < -0.3 is 0 Å². The average Bonchev–Trinajstić information content (AvgIpc) is 2.25. The summed E-state index contributed by atoms with van der Waals surface area (Å²) in [7, 11) is 0. The first-order valence-electron chi connectivity index (χ1n) is 4.99. The molecule has 0 aliphatic carbocycles. The molecule has 0 heterocycles. The van der Waals surface area contributed by atoms with Crippen LogP contribution in [0, 0.1) is 17.2 Å². The zero-order valence-corrected chi connectivity index (χ0v) is 11.2. The van der Waals surface area contributed by atoms with Crippen molar-refractivity contribution in [3.63, 3.8) is 0 Å². The first kappa shape index (κ1) is 13.2. The molecule has 0 bridgehead atoms. The Morgan fingerprint density at radius 1 is 1.62 bits per heavy atom. The third-order valence-electron chi connectivity index (χ3n) is 2.25. The molecular weight excluding hydrogens is 289 g/mol. The Labute approximate surface area is 108 Å². The number of rotatable bonds is 4. The Bertz CT molecular complexity index is 439. The maximum Gasteiger partial charge on any atom is 0.181 e. The van der Waals surface area contributed by atoms with Gasteiger partial charge >= 0.3 is 0 Å². The lowest BCUT2D eigenvalue weighted by molar-refractivity contribution is 0.0944. The molecule has 0 spiro atoms. The summed E-state index contributed by atoms with van der Waals surface area (Å²) in [5, 5.41) is 9.30. The Balaban J connectivity index is 3.00. The highest BCUT2D eigenvalue weighted by Crippen LogP contribution is 2.24. The Morgan fingerprint density at radius 2 is 2.31 bits per heavy atom. The summed E-state index contributed by atoms with van der Waals surface area (Å²) >= 11 is 9.23. The summed E-state index contributed by atoms with van der Waals surface area (Å²) in [6.07, 6.45) is 1.37. The summed E-state index contributed by atoms with van der Waals surface area (Å²) in [6.45, 7) is 1.95. The van der Waals surface area contributed by atoms with Gasteiger partial charge in [-0.3, -0.25) is 4.79 Å². The minimum Gasteiger partial charge on any atom is -0.293 e. The number of halogens is 2. The van der Waals surface area contributed by atoms with Crippen LogP contribution in [-0.2, 0) is 0 Å². The monoisotopic (exact) mass is 299 g/mol. The number of hydrogen-bond donors (Lipinski definition) is 0. The van der Waals surface area contributed by atoms with Crippen LogP contribution in [-0.4, -0.2) is 5.78 Å². The van der Waals surface area contributed by atoms with Gasteiger partial charge in [0.05, 0.1) is 11.1 Å². The normalized spacial score (nSPS) is 11.9. The van der Waals surface area contributed by atoms with Gasteiger partial charge in [-0.2, -0.15) is 5.26 Å². The molecule has 84 valence electrons. The smallest absolute Gasteiger partial charge is 0.181 e. The van der Waals surface area contributed by atoms with Gasteiger partial charge in [0.2, 0.25) is 0 Å². The molecule has 0 aliphatic rings. The lowest BCUT2D eigenvalue weighted by atomic mass is 9.95. The second-order valence-electron chi connectivity index (χ2n) is 3.46. The molecule has 1 aromatic carbocycles. The van der Waals surface area contributed by atoms with E-state index in [4.69, 9.17) is 16.9 Å². The van der Waals surface area contributed by atoms with Crippen LogP contribution in [0.5, 0.6) is 0 Å². The second-order valence-corrected chi connectivity index (χ2v) is 4.78. The molecule has 16 heavy (non-hydrogen) atoms. The average molecular weight is 301 g/mol. The first-order chi connectivity index (χ1) is 7.60. The van der Waals surface area contributed by atoms with E-state index < -0.39 is 5.92 Å². The van der Waals surface area contributed by atoms with E-state index in [-0.39, 0.29) is 5.78 Å². The third-order valence-corrected chi connectivity index (χ3v) is 3.05. The van der Waals surface area contributed by atoms with Crippen LogP contribution in [0.2, 0.25) is 5.02 Å². The Hall–Kier alpha value is -0.850. The van der Waals surface area contributed by atoms with Crippen LogP contribution in [0.4, 0.5) is 0 Å². The molecule has 1 rings (SSSR count). The molecule has 0 N–H and O–H groups in total. The number of carbonyl (C=O) groups is 1. The summed E-state index contributed by atoms with van der Waals surface area (Å²) in [4.78, 5) is 12.0. The molecule has 1 atom stereocenters. The van der Waals surface area contributed by atoms with Crippen molar-refractivity contribution in [2.45, 2.75) is 19.8 Å². The molecule has 0 amide bonds. The number of nitrogens with zero attached hydrogens (tertiary/aromatic N) is 1. The van der Waals surface area contributed by atoms with Gasteiger partial charge in [-0.1, -0.05) is 40.9 Å².